The molecule has 3 aliphatic rings. The normalized spacial score (nSPS) is 35.4. The number of hydrogen-bond acceptors (Lipinski definition) is 9. The molecule has 29 heavy (non-hydrogen) atoms. The SMILES string of the molecule is CC(=O)N1CN([C@@H]2O[C@H](CO)[C@@H](O)[C@H]2O)C2C1=C(Cl)N(C(C)=O)C(N)N2C(C)=O. The summed E-state index contributed by atoms with van der Waals surface area (Å²) in [5.74, 6) is -1.48. The fraction of sp³-hybridized carbons (Fsp3) is 0.688. The summed E-state index contributed by atoms with van der Waals surface area (Å²) in [5.41, 5.74) is 6.27. The number of amides is 3. The first-order valence-corrected chi connectivity index (χ1v) is 9.31. The minimum Gasteiger partial charge on any atom is -0.394 e. The first kappa shape index (κ1) is 21.9. The van der Waals surface area contributed by atoms with Crippen molar-refractivity contribution >= 4 is 29.3 Å². The molecule has 2 unspecified atom stereocenters. The summed E-state index contributed by atoms with van der Waals surface area (Å²) < 4.78 is 5.58. The molecule has 3 aliphatic heterocycles. The number of rotatable bonds is 2. The number of aliphatic hydroxyl groups excluding tert-OH is 3. The second-order valence-electron chi connectivity index (χ2n) is 7.11. The third-order valence-electron chi connectivity index (χ3n) is 5.32. The molecule has 13 heteroatoms. The summed E-state index contributed by atoms with van der Waals surface area (Å²) in [5, 5.41) is 29.8. The van der Waals surface area contributed by atoms with Gasteiger partial charge in [0.25, 0.3) is 0 Å². The van der Waals surface area contributed by atoms with E-state index in [0.29, 0.717) is 0 Å². The van der Waals surface area contributed by atoms with E-state index >= 15 is 0 Å². The Balaban J connectivity index is 2.13. The van der Waals surface area contributed by atoms with Gasteiger partial charge in [0.05, 0.1) is 19.0 Å². The predicted molar refractivity (Wildman–Crippen MR) is 96.7 cm³/mol. The van der Waals surface area contributed by atoms with Gasteiger partial charge in [-0.05, 0) is 0 Å². The average molecular weight is 434 g/mol. The maximum absolute atomic E-state index is 12.4. The van der Waals surface area contributed by atoms with Crippen LogP contribution in [0, 0.1) is 0 Å². The van der Waals surface area contributed by atoms with Crippen LogP contribution >= 0.6 is 11.6 Å². The monoisotopic (exact) mass is 433 g/mol. The van der Waals surface area contributed by atoms with Crippen LogP contribution < -0.4 is 5.73 Å². The molecular formula is C16H24ClN5O7. The molecule has 0 aromatic heterocycles. The quantitative estimate of drug-likeness (QED) is 0.338. The number of halogens is 1. The van der Waals surface area contributed by atoms with Gasteiger partial charge >= 0.3 is 0 Å². The average Bonchev–Trinajstić information content (AvgIpc) is 3.13. The van der Waals surface area contributed by atoms with Crippen molar-refractivity contribution in [1.29, 1.82) is 0 Å². The van der Waals surface area contributed by atoms with Gasteiger partial charge in [0.2, 0.25) is 17.7 Å². The highest BCUT2D eigenvalue weighted by atomic mass is 35.5. The maximum Gasteiger partial charge on any atom is 0.227 e. The smallest absolute Gasteiger partial charge is 0.227 e. The molecule has 162 valence electrons. The number of carbonyl (C=O) groups excluding carboxylic acids is 3. The van der Waals surface area contributed by atoms with Gasteiger partial charge in [0, 0.05) is 20.8 Å². The number of carbonyl (C=O) groups is 3. The molecule has 0 bridgehead atoms. The van der Waals surface area contributed by atoms with E-state index in [1.807, 2.05) is 0 Å². The number of nitrogens with zero attached hydrogens (tertiary/aromatic N) is 4. The lowest BCUT2D eigenvalue weighted by Gasteiger charge is -2.47. The summed E-state index contributed by atoms with van der Waals surface area (Å²) in [6.45, 7) is 3.04. The number of aliphatic hydroxyl groups is 3. The molecule has 0 spiro atoms. The molecule has 5 N–H and O–H groups in total. The van der Waals surface area contributed by atoms with Crippen LogP contribution in [0.1, 0.15) is 20.8 Å². The zero-order valence-electron chi connectivity index (χ0n) is 16.1. The highest BCUT2D eigenvalue weighted by molar-refractivity contribution is 6.31. The van der Waals surface area contributed by atoms with Gasteiger partial charge in [-0.3, -0.25) is 34.8 Å². The molecule has 6 atom stereocenters. The lowest BCUT2D eigenvalue weighted by atomic mass is 10.1. The van der Waals surface area contributed by atoms with Crippen LogP contribution in [0.3, 0.4) is 0 Å². The molecule has 0 aliphatic carbocycles. The van der Waals surface area contributed by atoms with Gasteiger partial charge in [0.1, 0.15) is 35.9 Å². The van der Waals surface area contributed by atoms with Crippen LogP contribution in [0.15, 0.2) is 10.9 Å². The van der Waals surface area contributed by atoms with Gasteiger partial charge in [-0.25, -0.2) is 4.90 Å². The molecular weight excluding hydrogens is 410 g/mol. The van der Waals surface area contributed by atoms with Crippen LogP contribution in [0.2, 0.25) is 0 Å². The van der Waals surface area contributed by atoms with E-state index in [1.165, 1.54) is 30.6 Å². The van der Waals surface area contributed by atoms with Gasteiger partial charge in [-0.2, -0.15) is 0 Å². The Kier molecular flexibility index (Phi) is 5.89. The second kappa shape index (κ2) is 7.80. The maximum atomic E-state index is 12.4. The standard InChI is InChI=1S/C16H24ClN5O7/c1-6(24)19-5-20(15-12(28)11(27)9(4-23)29-15)14-10(19)13(17)21(7(2)25)16(18)22(14)8(3)26/h9,11-12,14-16,23,27-28H,4-5,18H2,1-3H3/t9-,11-,12-,14?,15-,16?/m1/s1. The van der Waals surface area contributed by atoms with Crippen molar-refractivity contribution in [3.8, 4) is 0 Å². The molecule has 2 saturated heterocycles. The third-order valence-corrected chi connectivity index (χ3v) is 5.69. The highest BCUT2D eigenvalue weighted by Crippen LogP contribution is 2.41. The van der Waals surface area contributed by atoms with Crippen LogP contribution in [0.4, 0.5) is 0 Å². The van der Waals surface area contributed by atoms with Crippen molar-refractivity contribution in [3.63, 3.8) is 0 Å². The molecule has 12 nitrogen and oxygen atoms in total. The number of hydrogen-bond donors (Lipinski definition) is 4. The Morgan fingerprint density at radius 3 is 2.21 bits per heavy atom. The lowest BCUT2D eigenvalue weighted by molar-refractivity contribution is -0.162. The number of fused-ring (bicyclic) bond motifs is 1. The van der Waals surface area contributed by atoms with Crippen molar-refractivity contribution in [2.75, 3.05) is 13.3 Å². The summed E-state index contributed by atoms with van der Waals surface area (Å²) in [4.78, 5) is 41.6. The molecule has 0 radical (unpaired) electrons. The van der Waals surface area contributed by atoms with Crippen LogP contribution in [0.25, 0.3) is 0 Å². The zero-order chi connectivity index (χ0) is 21.8. The summed E-state index contributed by atoms with van der Waals surface area (Å²) >= 11 is 6.43. The van der Waals surface area contributed by atoms with Gasteiger partial charge in [-0.1, -0.05) is 11.6 Å². The predicted octanol–water partition coefficient (Wildman–Crippen LogP) is -2.77. The lowest BCUT2D eigenvalue weighted by Crippen LogP contribution is -2.67. The Morgan fingerprint density at radius 2 is 1.76 bits per heavy atom. The fourth-order valence-electron chi connectivity index (χ4n) is 3.96. The molecule has 0 aromatic rings. The third kappa shape index (κ3) is 3.30. The van der Waals surface area contributed by atoms with E-state index in [2.05, 4.69) is 0 Å². The van der Waals surface area contributed by atoms with Crippen molar-refractivity contribution in [1.82, 2.24) is 19.6 Å². The second-order valence-corrected chi connectivity index (χ2v) is 7.47. The molecule has 0 aromatic carbocycles. The van der Waals surface area contributed by atoms with Gasteiger partial charge in [0.15, 0.2) is 6.29 Å². The Hall–Kier alpha value is -1.80. The zero-order valence-corrected chi connectivity index (χ0v) is 16.9. The van der Waals surface area contributed by atoms with Crippen molar-refractivity contribution in [3.05, 3.63) is 10.9 Å². The Bertz CT molecular complexity index is 764. The van der Waals surface area contributed by atoms with E-state index in [9.17, 15) is 29.7 Å². The highest BCUT2D eigenvalue weighted by Gasteiger charge is 2.57. The van der Waals surface area contributed by atoms with E-state index in [1.54, 1.807) is 0 Å². The number of nitrogens with two attached hydrogens (primary N) is 1. The largest absolute Gasteiger partial charge is 0.394 e. The first-order chi connectivity index (χ1) is 13.5. The Labute approximate surface area is 171 Å². The molecule has 0 saturated carbocycles. The van der Waals surface area contributed by atoms with E-state index in [0.717, 1.165) is 9.80 Å². The topological polar surface area (TPSA) is 160 Å². The summed E-state index contributed by atoms with van der Waals surface area (Å²) in [6, 6.07) is 0. The van der Waals surface area contributed by atoms with Crippen LogP contribution in [0.5, 0.6) is 0 Å². The van der Waals surface area contributed by atoms with Crippen molar-refractivity contribution in [2.24, 2.45) is 5.73 Å². The minimum absolute atomic E-state index is 0.128. The molecule has 3 rings (SSSR count). The molecule has 3 heterocycles. The van der Waals surface area contributed by atoms with E-state index < -0.39 is 61.3 Å². The van der Waals surface area contributed by atoms with Crippen molar-refractivity contribution in [2.45, 2.75) is 57.8 Å². The van der Waals surface area contributed by atoms with E-state index in [4.69, 9.17) is 22.1 Å². The number of ether oxygens (including phenoxy) is 1. The Morgan fingerprint density at radius 1 is 1.14 bits per heavy atom. The molecule has 3 amide bonds. The van der Waals surface area contributed by atoms with Crippen LogP contribution in [-0.2, 0) is 19.1 Å². The van der Waals surface area contributed by atoms with Crippen LogP contribution in [-0.4, -0.2) is 103 Å². The van der Waals surface area contributed by atoms with Gasteiger partial charge in [-0.15, -0.1) is 0 Å². The summed E-state index contributed by atoms with van der Waals surface area (Å²) in [7, 11) is 0. The van der Waals surface area contributed by atoms with Gasteiger partial charge < -0.3 is 20.1 Å². The van der Waals surface area contributed by atoms with E-state index in [-0.39, 0.29) is 17.5 Å². The minimum atomic E-state index is -1.44. The van der Waals surface area contributed by atoms with Crippen molar-refractivity contribution < 1.29 is 34.4 Å². The first-order valence-electron chi connectivity index (χ1n) is 8.93. The summed E-state index contributed by atoms with van der Waals surface area (Å²) in [6.07, 6.45) is -7.35. The molecule has 2 fully saturated rings. The fourth-order valence-corrected chi connectivity index (χ4v) is 4.38.